The summed E-state index contributed by atoms with van der Waals surface area (Å²) in [5, 5.41) is 18.4. The molecule has 92 valence electrons. The smallest absolute Gasteiger partial charge is 0.0796 e. The molecule has 2 atom stereocenters. The van der Waals surface area contributed by atoms with E-state index in [1.165, 1.54) is 44.9 Å². The number of unbranched alkanes of at least 4 members (excludes halogenated alkanes) is 7. The second-order valence-corrected chi connectivity index (χ2v) is 4.57. The zero-order valence-corrected chi connectivity index (χ0v) is 10.4. The van der Waals surface area contributed by atoms with Gasteiger partial charge in [0.15, 0.2) is 0 Å². The SMILES string of the molecule is CCCCCCCCCC[C@@H](O)[C@@H](C)O. The van der Waals surface area contributed by atoms with Gasteiger partial charge < -0.3 is 10.2 Å². The maximum absolute atomic E-state index is 9.35. The Hall–Kier alpha value is -0.0800. The maximum Gasteiger partial charge on any atom is 0.0796 e. The molecule has 0 aliphatic carbocycles. The third-order valence-electron chi connectivity index (χ3n) is 2.91. The van der Waals surface area contributed by atoms with Gasteiger partial charge >= 0.3 is 0 Å². The summed E-state index contributed by atoms with van der Waals surface area (Å²) in [6.07, 6.45) is 9.87. The van der Waals surface area contributed by atoms with Crippen molar-refractivity contribution in [3.8, 4) is 0 Å². The summed E-state index contributed by atoms with van der Waals surface area (Å²) in [6, 6.07) is 0. The monoisotopic (exact) mass is 216 g/mol. The molecule has 0 aliphatic rings. The van der Waals surface area contributed by atoms with Crippen LogP contribution in [0, 0.1) is 0 Å². The van der Waals surface area contributed by atoms with Crippen molar-refractivity contribution in [2.24, 2.45) is 0 Å². The van der Waals surface area contributed by atoms with Crippen LogP contribution in [0.2, 0.25) is 0 Å². The molecule has 0 amide bonds. The molecular formula is C13H28O2. The molecule has 0 radical (unpaired) electrons. The van der Waals surface area contributed by atoms with Gasteiger partial charge in [-0.15, -0.1) is 0 Å². The van der Waals surface area contributed by atoms with Crippen LogP contribution in [-0.4, -0.2) is 22.4 Å². The van der Waals surface area contributed by atoms with Crippen LogP contribution >= 0.6 is 0 Å². The van der Waals surface area contributed by atoms with Crippen molar-refractivity contribution in [1.82, 2.24) is 0 Å². The molecule has 15 heavy (non-hydrogen) atoms. The van der Waals surface area contributed by atoms with Gasteiger partial charge in [-0.3, -0.25) is 0 Å². The number of aliphatic hydroxyl groups is 2. The molecular weight excluding hydrogens is 188 g/mol. The fraction of sp³-hybridized carbons (Fsp3) is 1.00. The van der Waals surface area contributed by atoms with Crippen LogP contribution < -0.4 is 0 Å². The summed E-state index contributed by atoms with van der Waals surface area (Å²) in [4.78, 5) is 0. The average molecular weight is 216 g/mol. The summed E-state index contributed by atoms with van der Waals surface area (Å²) in [5.74, 6) is 0. The molecule has 0 rings (SSSR count). The first-order valence-electron chi connectivity index (χ1n) is 6.54. The quantitative estimate of drug-likeness (QED) is 0.550. The summed E-state index contributed by atoms with van der Waals surface area (Å²) < 4.78 is 0. The van der Waals surface area contributed by atoms with E-state index in [2.05, 4.69) is 6.92 Å². The van der Waals surface area contributed by atoms with Crippen molar-refractivity contribution < 1.29 is 10.2 Å². The van der Waals surface area contributed by atoms with E-state index in [4.69, 9.17) is 5.11 Å². The van der Waals surface area contributed by atoms with Crippen molar-refractivity contribution in [3.05, 3.63) is 0 Å². The van der Waals surface area contributed by atoms with E-state index >= 15 is 0 Å². The summed E-state index contributed by atoms with van der Waals surface area (Å²) >= 11 is 0. The van der Waals surface area contributed by atoms with E-state index in [1.54, 1.807) is 6.92 Å². The van der Waals surface area contributed by atoms with Gasteiger partial charge in [0.05, 0.1) is 12.2 Å². The number of hydrogen-bond acceptors (Lipinski definition) is 2. The molecule has 0 aromatic heterocycles. The second kappa shape index (κ2) is 10.4. The fourth-order valence-electron chi connectivity index (χ4n) is 1.73. The van der Waals surface area contributed by atoms with Gasteiger partial charge in [0.25, 0.3) is 0 Å². The van der Waals surface area contributed by atoms with Gasteiger partial charge in [-0.1, -0.05) is 58.3 Å². The lowest BCUT2D eigenvalue weighted by molar-refractivity contribution is 0.0247. The second-order valence-electron chi connectivity index (χ2n) is 4.57. The van der Waals surface area contributed by atoms with Crippen molar-refractivity contribution >= 4 is 0 Å². The normalized spacial score (nSPS) is 15.2. The van der Waals surface area contributed by atoms with E-state index in [9.17, 15) is 5.11 Å². The van der Waals surface area contributed by atoms with Gasteiger partial charge in [-0.2, -0.15) is 0 Å². The number of rotatable bonds is 10. The maximum atomic E-state index is 9.35. The molecule has 0 unspecified atom stereocenters. The van der Waals surface area contributed by atoms with Crippen LogP contribution in [0.4, 0.5) is 0 Å². The highest BCUT2D eigenvalue weighted by Crippen LogP contribution is 2.11. The Bertz CT molecular complexity index is 124. The third kappa shape index (κ3) is 10.2. The van der Waals surface area contributed by atoms with E-state index in [0.717, 1.165) is 12.8 Å². The van der Waals surface area contributed by atoms with Crippen LogP contribution in [0.25, 0.3) is 0 Å². The van der Waals surface area contributed by atoms with E-state index in [0.29, 0.717) is 0 Å². The van der Waals surface area contributed by atoms with Crippen LogP contribution in [0.15, 0.2) is 0 Å². The van der Waals surface area contributed by atoms with Crippen molar-refractivity contribution in [1.29, 1.82) is 0 Å². The van der Waals surface area contributed by atoms with Crippen molar-refractivity contribution in [2.45, 2.75) is 83.8 Å². The Labute approximate surface area is 94.7 Å². The highest BCUT2D eigenvalue weighted by molar-refractivity contribution is 4.61. The van der Waals surface area contributed by atoms with Crippen molar-refractivity contribution in [3.63, 3.8) is 0 Å². The zero-order valence-electron chi connectivity index (χ0n) is 10.4. The topological polar surface area (TPSA) is 40.5 Å². The zero-order chi connectivity index (χ0) is 11.5. The number of hydrogen-bond donors (Lipinski definition) is 2. The minimum atomic E-state index is -0.574. The Morgan fingerprint density at radius 3 is 1.73 bits per heavy atom. The van der Waals surface area contributed by atoms with E-state index < -0.39 is 12.2 Å². The fourth-order valence-corrected chi connectivity index (χ4v) is 1.73. The van der Waals surface area contributed by atoms with Gasteiger partial charge in [-0.05, 0) is 13.3 Å². The minimum Gasteiger partial charge on any atom is -0.391 e. The molecule has 0 bridgehead atoms. The summed E-state index contributed by atoms with van der Waals surface area (Å²) in [6.45, 7) is 3.88. The highest BCUT2D eigenvalue weighted by Gasteiger charge is 2.09. The molecule has 0 saturated carbocycles. The van der Waals surface area contributed by atoms with Gasteiger partial charge in [0.2, 0.25) is 0 Å². The van der Waals surface area contributed by atoms with E-state index in [-0.39, 0.29) is 0 Å². The number of aliphatic hydroxyl groups excluding tert-OH is 2. The minimum absolute atomic E-state index is 0.523. The Kier molecular flexibility index (Phi) is 10.4. The van der Waals surface area contributed by atoms with Crippen LogP contribution in [-0.2, 0) is 0 Å². The molecule has 0 aromatic carbocycles. The average Bonchev–Trinajstić information content (AvgIpc) is 2.21. The Morgan fingerprint density at radius 1 is 0.800 bits per heavy atom. The molecule has 0 fully saturated rings. The van der Waals surface area contributed by atoms with Crippen LogP contribution in [0.3, 0.4) is 0 Å². The summed E-state index contributed by atoms with van der Waals surface area (Å²) in [5.41, 5.74) is 0. The van der Waals surface area contributed by atoms with Crippen molar-refractivity contribution in [2.75, 3.05) is 0 Å². The molecule has 0 spiro atoms. The lowest BCUT2D eigenvalue weighted by atomic mass is 10.0. The van der Waals surface area contributed by atoms with E-state index in [1.807, 2.05) is 0 Å². The molecule has 0 aromatic rings. The lowest BCUT2D eigenvalue weighted by Gasteiger charge is -2.12. The predicted molar refractivity (Wildman–Crippen MR) is 64.9 cm³/mol. The highest BCUT2D eigenvalue weighted by atomic mass is 16.3. The lowest BCUT2D eigenvalue weighted by Crippen LogP contribution is -2.21. The van der Waals surface area contributed by atoms with Gasteiger partial charge in [0, 0.05) is 0 Å². The molecule has 0 saturated heterocycles. The molecule has 0 aliphatic heterocycles. The predicted octanol–water partition coefficient (Wildman–Crippen LogP) is 3.26. The Morgan fingerprint density at radius 2 is 1.27 bits per heavy atom. The first-order chi connectivity index (χ1) is 7.18. The first-order valence-corrected chi connectivity index (χ1v) is 6.54. The molecule has 2 N–H and O–H groups in total. The molecule has 2 heteroatoms. The van der Waals surface area contributed by atoms with Crippen LogP contribution in [0.1, 0.15) is 71.6 Å². The van der Waals surface area contributed by atoms with Gasteiger partial charge in [0.1, 0.15) is 0 Å². The van der Waals surface area contributed by atoms with Gasteiger partial charge in [-0.25, -0.2) is 0 Å². The largest absolute Gasteiger partial charge is 0.391 e. The third-order valence-corrected chi connectivity index (χ3v) is 2.91. The standard InChI is InChI=1S/C13H28O2/c1-3-4-5-6-7-8-9-10-11-13(15)12(2)14/h12-15H,3-11H2,1-2H3/t12-,13-/m1/s1. The molecule has 0 heterocycles. The Balaban J connectivity index is 3.05. The van der Waals surface area contributed by atoms with Crippen LogP contribution in [0.5, 0.6) is 0 Å². The summed E-state index contributed by atoms with van der Waals surface area (Å²) in [7, 11) is 0. The first kappa shape index (κ1) is 14.9. The molecule has 2 nitrogen and oxygen atoms in total.